The highest BCUT2D eigenvalue weighted by Gasteiger charge is 2.29. The number of hydrogen-bond donors (Lipinski definition) is 3. The van der Waals surface area contributed by atoms with Crippen molar-refractivity contribution in [2.45, 2.75) is 73.0 Å². The van der Waals surface area contributed by atoms with Gasteiger partial charge in [0.05, 0.1) is 34.4 Å². The first-order chi connectivity index (χ1) is 17.6. The molecule has 0 aliphatic carbocycles. The number of rotatable bonds is 9. The van der Waals surface area contributed by atoms with Gasteiger partial charge >= 0.3 is 0 Å². The van der Waals surface area contributed by atoms with Gasteiger partial charge in [-0.25, -0.2) is 15.0 Å². The first-order valence-electron chi connectivity index (χ1n) is 12.5. The molecule has 7 heteroatoms. The number of aliphatic hydroxyl groups excluding tert-OH is 1. The lowest BCUT2D eigenvalue weighted by Crippen LogP contribution is -2.27. The summed E-state index contributed by atoms with van der Waals surface area (Å²) in [5.41, 5.74) is 10.1. The summed E-state index contributed by atoms with van der Waals surface area (Å²) >= 11 is 0. The first kappa shape index (κ1) is 29.4. The Hall–Kier alpha value is -3.80. The minimum Gasteiger partial charge on any atom is -0.374 e. The maximum absolute atomic E-state index is 9.89. The molecule has 200 valence electrons. The van der Waals surface area contributed by atoms with Gasteiger partial charge < -0.3 is 15.7 Å². The number of benzene rings is 1. The summed E-state index contributed by atoms with van der Waals surface area (Å²) in [4.78, 5) is 17.7. The highest BCUT2D eigenvalue weighted by Crippen LogP contribution is 2.34. The molecule has 0 bridgehead atoms. The van der Waals surface area contributed by atoms with Crippen molar-refractivity contribution >= 4 is 11.6 Å². The topological polar surface area (TPSA) is 95.9 Å². The van der Waals surface area contributed by atoms with Crippen LogP contribution in [-0.2, 0) is 5.41 Å². The molecule has 1 aromatic carbocycles. The Morgan fingerprint density at radius 1 is 1.14 bits per heavy atom. The molecule has 2 aromatic heterocycles. The smallest absolute Gasteiger partial charge is 0.224 e. The molecule has 37 heavy (non-hydrogen) atoms. The summed E-state index contributed by atoms with van der Waals surface area (Å²) in [5, 5.41) is 16.3. The lowest BCUT2D eigenvalue weighted by molar-refractivity contribution is 0.198. The van der Waals surface area contributed by atoms with Gasteiger partial charge in [-0.3, -0.25) is 4.98 Å². The molecule has 7 nitrogen and oxygen atoms in total. The summed E-state index contributed by atoms with van der Waals surface area (Å²) in [5.74, 6) is 0.383. The molecule has 1 atom stereocenters. The molecule has 3 aromatic rings. The van der Waals surface area contributed by atoms with Crippen LogP contribution < -0.4 is 10.6 Å². The van der Waals surface area contributed by atoms with Gasteiger partial charge in [0.2, 0.25) is 5.95 Å². The molecule has 0 saturated heterocycles. The average Bonchev–Trinajstić information content (AvgIpc) is 2.89. The molecule has 0 saturated carbocycles. The molecular formula is C30H44N6O. The molecule has 1 unspecified atom stereocenters. The number of nitrogens with zero attached hydrogens (tertiary/aromatic N) is 4. The molecule has 3 N–H and O–H groups in total. The van der Waals surface area contributed by atoms with Gasteiger partial charge in [0, 0.05) is 26.5 Å². The van der Waals surface area contributed by atoms with E-state index >= 15 is 0 Å². The van der Waals surface area contributed by atoms with E-state index in [1.165, 1.54) is 0 Å². The predicted octanol–water partition coefficient (Wildman–Crippen LogP) is 7.13. The van der Waals surface area contributed by atoms with Crippen LogP contribution >= 0.6 is 0 Å². The van der Waals surface area contributed by atoms with E-state index in [9.17, 15) is 5.11 Å². The van der Waals surface area contributed by atoms with Gasteiger partial charge in [0.15, 0.2) is 0 Å². The molecule has 0 aliphatic heterocycles. The average molecular weight is 505 g/mol. The second-order valence-corrected chi connectivity index (χ2v) is 9.29. The Labute approximate surface area is 224 Å². The Balaban J connectivity index is 0.00000225. The molecule has 0 amide bonds. The highest BCUT2D eigenvalue weighted by molar-refractivity contribution is 5.71. The van der Waals surface area contributed by atoms with E-state index in [2.05, 4.69) is 90.1 Å². The van der Waals surface area contributed by atoms with Crippen molar-refractivity contribution in [1.29, 1.82) is 0 Å². The van der Waals surface area contributed by atoms with Crippen molar-refractivity contribution in [2.75, 3.05) is 10.6 Å². The summed E-state index contributed by atoms with van der Waals surface area (Å²) < 4.78 is 0. The maximum atomic E-state index is 9.89. The normalized spacial score (nSPS) is 11.5. The summed E-state index contributed by atoms with van der Waals surface area (Å²) in [6.07, 6.45) is 8.04. The molecule has 2 heterocycles. The molecule has 3 rings (SSSR count). The number of anilines is 2. The van der Waals surface area contributed by atoms with Crippen molar-refractivity contribution in [1.82, 2.24) is 19.9 Å². The monoisotopic (exact) mass is 504 g/mol. The van der Waals surface area contributed by atoms with Crippen molar-refractivity contribution in [3.05, 3.63) is 90.0 Å². The van der Waals surface area contributed by atoms with E-state index in [1.54, 1.807) is 18.6 Å². The second-order valence-electron chi connectivity index (χ2n) is 9.29. The largest absolute Gasteiger partial charge is 0.374 e. The van der Waals surface area contributed by atoms with Crippen LogP contribution in [0.5, 0.6) is 0 Å². The third-order valence-corrected chi connectivity index (χ3v) is 6.15. The molecule has 0 fully saturated rings. The van der Waals surface area contributed by atoms with Gasteiger partial charge in [-0.1, -0.05) is 32.6 Å². The third-order valence-electron chi connectivity index (χ3n) is 6.15. The standard InChI is InChI=1S/C26H32N6O.C4H8.2H2/c1-8-22(26(6,7)23-12-13-28-25(31-23)32-24(33)9-2)30-20-11-10-19(17(4)18(20)5)21-15-27-14-16(3)29-21;1-3-4-2;;/h10-15,24,30,33H,1,9H2,2-7H3,(H,28,31,32);3H,1,4H2,2H3;2*1H. The van der Waals surface area contributed by atoms with Crippen LogP contribution in [0.4, 0.5) is 11.6 Å². The van der Waals surface area contributed by atoms with Crippen molar-refractivity contribution in [2.24, 2.45) is 0 Å². The van der Waals surface area contributed by atoms with E-state index in [0.717, 1.165) is 51.6 Å². The van der Waals surface area contributed by atoms with E-state index in [4.69, 9.17) is 0 Å². The van der Waals surface area contributed by atoms with Gasteiger partial charge in [0.1, 0.15) is 6.23 Å². The molecule has 0 aliphatic rings. The van der Waals surface area contributed by atoms with Crippen molar-refractivity contribution in [3.8, 4) is 11.3 Å². The lowest BCUT2D eigenvalue weighted by atomic mass is 9.85. The number of allylic oxidation sites excluding steroid dienone is 2. The van der Waals surface area contributed by atoms with Gasteiger partial charge in [-0.05, 0) is 70.7 Å². The van der Waals surface area contributed by atoms with E-state index in [1.807, 2.05) is 32.1 Å². The molecular weight excluding hydrogens is 460 g/mol. The van der Waals surface area contributed by atoms with Gasteiger partial charge in [-0.15, -0.1) is 12.3 Å². The van der Waals surface area contributed by atoms with Crippen LogP contribution in [0.1, 0.15) is 65.9 Å². The SMILES string of the molecule is C=C=C(Nc1ccc(-c2cncc(C)n2)c(C)c1C)C(C)(C)c1ccnc(NC(O)CC)n1.C=CCC.[HH].[HH]. The van der Waals surface area contributed by atoms with E-state index in [-0.39, 0.29) is 2.85 Å². The highest BCUT2D eigenvalue weighted by atomic mass is 16.3. The number of nitrogens with one attached hydrogen (secondary N) is 2. The minimum atomic E-state index is -0.696. The Morgan fingerprint density at radius 3 is 2.43 bits per heavy atom. The first-order valence-corrected chi connectivity index (χ1v) is 12.5. The fourth-order valence-corrected chi connectivity index (χ4v) is 3.54. The van der Waals surface area contributed by atoms with Crippen LogP contribution in [0.15, 0.2) is 67.5 Å². The zero-order chi connectivity index (χ0) is 27.6. The number of hydrogen-bond acceptors (Lipinski definition) is 7. The predicted molar refractivity (Wildman–Crippen MR) is 158 cm³/mol. The van der Waals surface area contributed by atoms with E-state index in [0.29, 0.717) is 12.4 Å². The quantitative estimate of drug-likeness (QED) is 0.162. The lowest BCUT2D eigenvalue weighted by Gasteiger charge is -2.28. The van der Waals surface area contributed by atoms with E-state index < -0.39 is 11.6 Å². The summed E-state index contributed by atoms with van der Waals surface area (Å²) in [6.45, 7) is 21.6. The molecule has 0 spiro atoms. The zero-order valence-electron chi connectivity index (χ0n) is 23.2. The van der Waals surface area contributed by atoms with Gasteiger partial charge in [-0.2, -0.15) is 0 Å². The van der Waals surface area contributed by atoms with Crippen molar-refractivity contribution < 1.29 is 7.96 Å². The van der Waals surface area contributed by atoms with Crippen LogP contribution in [0.3, 0.4) is 0 Å². The summed E-state index contributed by atoms with van der Waals surface area (Å²) in [7, 11) is 0. The zero-order valence-corrected chi connectivity index (χ0v) is 23.2. The number of aliphatic hydroxyl groups is 1. The fourth-order valence-electron chi connectivity index (χ4n) is 3.54. The van der Waals surface area contributed by atoms with Crippen LogP contribution in [0.25, 0.3) is 11.3 Å². The Bertz CT molecular complexity index is 1270. The summed E-state index contributed by atoms with van der Waals surface area (Å²) in [6, 6.07) is 5.96. The van der Waals surface area contributed by atoms with Gasteiger partial charge in [0.25, 0.3) is 0 Å². The fraction of sp³-hybridized carbons (Fsp3) is 0.367. The van der Waals surface area contributed by atoms with Crippen LogP contribution in [0, 0.1) is 20.8 Å². The Kier molecular flexibility index (Phi) is 10.7. The maximum Gasteiger partial charge on any atom is 0.224 e. The minimum absolute atomic E-state index is 0. The number of aryl methyl sites for hydroxylation is 1. The number of aromatic nitrogens is 4. The van der Waals surface area contributed by atoms with Crippen LogP contribution in [-0.4, -0.2) is 31.3 Å². The van der Waals surface area contributed by atoms with Crippen molar-refractivity contribution in [3.63, 3.8) is 0 Å². The third kappa shape index (κ3) is 7.59. The Morgan fingerprint density at radius 2 is 1.84 bits per heavy atom. The molecule has 0 radical (unpaired) electrons. The van der Waals surface area contributed by atoms with Crippen LogP contribution in [0.2, 0.25) is 0 Å². The second kappa shape index (κ2) is 13.5.